The van der Waals surface area contributed by atoms with Crippen molar-refractivity contribution in [3.63, 3.8) is 0 Å². The maximum absolute atomic E-state index is 13.3. The Morgan fingerprint density at radius 1 is 1.13 bits per heavy atom. The third-order valence-electron chi connectivity index (χ3n) is 5.16. The molecule has 0 spiro atoms. The van der Waals surface area contributed by atoms with Gasteiger partial charge in [-0.3, -0.25) is 4.79 Å². The minimum Gasteiger partial charge on any atom is -0.316 e. The Labute approximate surface area is 178 Å². The van der Waals surface area contributed by atoms with E-state index in [1.165, 1.54) is 0 Å². The minimum absolute atomic E-state index is 0.00326. The molecule has 1 amide bonds. The van der Waals surface area contributed by atoms with Crippen molar-refractivity contribution in [1.29, 1.82) is 0 Å². The predicted octanol–water partition coefficient (Wildman–Crippen LogP) is 4.37. The van der Waals surface area contributed by atoms with Crippen molar-refractivity contribution in [2.75, 3.05) is 16.4 Å². The maximum Gasteiger partial charge on any atom is 0.416 e. The Morgan fingerprint density at radius 3 is 2.16 bits per heavy atom. The molecule has 1 aromatic rings. The first-order valence-corrected chi connectivity index (χ1v) is 11.9. The zero-order chi connectivity index (χ0) is 23.4. The molecule has 2 fully saturated rings. The van der Waals surface area contributed by atoms with Crippen molar-refractivity contribution in [3.05, 3.63) is 29.3 Å². The summed E-state index contributed by atoms with van der Waals surface area (Å²) >= 11 is 0.883. The second kappa shape index (κ2) is 7.98. The number of alkyl halides is 6. The Bertz CT molecular complexity index is 988. The normalized spacial score (nSPS) is 25.7. The van der Waals surface area contributed by atoms with Gasteiger partial charge < -0.3 is 4.90 Å². The van der Waals surface area contributed by atoms with Crippen LogP contribution in [0, 0.1) is 5.92 Å². The Kier molecular flexibility index (Phi) is 6.15. The number of rotatable bonds is 3. The molecule has 0 bridgehead atoms. The number of amidine groups is 1. The molecule has 0 N–H and O–H groups in total. The van der Waals surface area contributed by atoms with E-state index in [9.17, 15) is 39.6 Å². The maximum atomic E-state index is 13.3. The van der Waals surface area contributed by atoms with Gasteiger partial charge in [-0.25, -0.2) is 8.42 Å². The molecule has 0 aromatic heterocycles. The van der Waals surface area contributed by atoms with Crippen LogP contribution < -0.4 is 4.90 Å². The molecular weight excluding hydrogens is 470 g/mol. The zero-order valence-corrected chi connectivity index (χ0v) is 17.9. The SMILES string of the molecule is CCC(C)C(=O)N=C1SC2CS(=O)(=O)CC2N1c1cc(C(F)(F)F)cc(C(F)(F)F)c1. The monoisotopic (exact) mass is 488 g/mol. The van der Waals surface area contributed by atoms with Crippen LogP contribution in [0.5, 0.6) is 0 Å². The second-order valence-corrected chi connectivity index (χ2v) is 10.8. The van der Waals surface area contributed by atoms with Gasteiger partial charge >= 0.3 is 12.4 Å². The van der Waals surface area contributed by atoms with Gasteiger partial charge in [-0.05, 0) is 24.6 Å². The van der Waals surface area contributed by atoms with E-state index in [1.807, 2.05) is 0 Å². The first-order valence-electron chi connectivity index (χ1n) is 9.20. The summed E-state index contributed by atoms with van der Waals surface area (Å²) in [7, 11) is -3.54. The van der Waals surface area contributed by atoms with Crippen molar-refractivity contribution in [3.8, 4) is 0 Å². The smallest absolute Gasteiger partial charge is 0.316 e. The fourth-order valence-corrected chi connectivity index (χ4v) is 7.24. The summed E-state index contributed by atoms with van der Waals surface area (Å²) in [5.41, 5.74) is -3.56. The lowest BCUT2D eigenvalue weighted by Gasteiger charge is -2.26. The van der Waals surface area contributed by atoms with Gasteiger partial charge in [0.1, 0.15) is 0 Å². The molecule has 13 heteroatoms. The zero-order valence-electron chi connectivity index (χ0n) is 16.3. The molecule has 31 heavy (non-hydrogen) atoms. The number of sulfone groups is 1. The number of carbonyl (C=O) groups is 1. The summed E-state index contributed by atoms with van der Waals surface area (Å²) < 4.78 is 104. The van der Waals surface area contributed by atoms with Crippen LogP contribution >= 0.6 is 11.8 Å². The summed E-state index contributed by atoms with van der Waals surface area (Å²) in [6.45, 7) is 3.32. The van der Waals surface area contributed by atoms with E-state index in [1.54, 1.807) is 13.8 Å². The summed E-state index contributed by atoms with van der Waals surface area (Å²) in [4.78, 5) is 17.3. The van der Waals surface area contributed by atoms with Gasteiger partial charge in [0.15, 0.2) is 15.0 Å². The highest BCUT2D eigenvalue weighted by molar-refractivity contribution is 8.16. The van der Waals surface area contributed by atoms with Gasteiger partial charge in [0.25, 0.3) is 5.91 Å². The fraction of sp³-hybridized carbons (Fsp3) is 0.556. The van der Waals surface area contributed by atoms with Crippen LogP contribution in [0.4, 0.5) is 32.0 Å². The van der Waals surface area contributed by atoms with Crippen LogP contribution in [-0.4, -0.2) is 42.3 Å². The van der Waals surface area contributed by atoms with E-state index in [0.29, 0.717) is 18.6 Å². The lowest BCUT2D eigenvalue weighted by atomic mass is 10.1. The summed E-state index contributed by atoms with van der Waals surface area (Å²) in [5.74, 6) is -1.86. The molecule has 3 atom stereocenters. The number of halogens is 6. The molecule has 2 saturated heterocycles. The van der Waals surface area contributed by atoms with Crippen molar-refractivity contribution in [2.24, 2.45) is 10.9 Å². The van der Waals surface area contributed by atoms with Gasteiger partial charge in [0.2, 0.25) is 0 Å². The highest BCUT2D eigenvalue weighted by Crippen LogP contribution is 2.44. The van der Waals surface area contributed by atoms with Gasteiger partial charge in [-0.15, -0.1) is 0 Å². The van der Waals surface area contributed by atoms with Crippen LogP contribution in [0.2, 0.25) is 0 Å². The van der Waals surface area contributed by atoms with E-state index >= 15 is 0 Å². The largest absolute Gasteiger partial charge is 0.416 e. The minimum atomic E-state index is -5.06. The van der Waals surface area contributed by atoms with Crippen LogP contribution in [-0.2, 0) is 27.0 Å². The molecule has 1 aromatic carbocycles. The molecule has 2 heterocycles. The summed E-state index contributed by atoms with van der Waals surface area (Å²) in [6.07, 6.45) is -9.69. The van der Waals surface area contributed by atoms with E-state index in [-0.39, 0.29) is 17.0 Å². The van der Waals surface area contributed by atoms with Crippen molar-refractivity contribution in [1.82, 2.24) is 0 Å². The summed E-state index contributed by atoms with van der Waals surface area (Å²) in [6, 6.07) is 0.109. The van der Waals surface area contributed by atoms with Crippen LogP contribution in [0.25, 0.3) is 0 Å². The van der Waals surface area contributed by atoms with Crippen LogP contribution in [0.3, 0.4) is 0 Å². The van der Waals surface area contributed by atoms with E-state index in [2.05, 4.69) is 4.99 Å². The number of fused-ring (bicyclic) bond motifs is 1. The van der Waals surface area contributed by atoms with Gasteiger partial charge in [0.05, 0.1) is 28.7 Å². The van der Waals surface area contributed by atoms with Crippen molar-refractivity contribution < 1.29 is 39.6 Å². The van der Waals surface area contributed by atoms with Crippen molar-refractivity contribution in [2.45, 2.75) is 43.9 Å². The number of thioether (sulfide) groups is 1. The third kappa shape index (κ3) is 5.02. The molecular formula is C18H18F6N2O3S2. The van der Waals surface area contributed by atoms with Gasteiger partial charge in [-0.1, -0.05) is 25.6 Å². The van der Waals surface area contributed by atoms with Crippen LogP contribution in [0.15, 0.2) is 23.2 Å². The van der Waals surface area contributed by atoms with E-state index in [0.717, 1.165) is 16.7 Å². The average molecular weight is 488 g/mol. The topological polar surface area (TPSA) is 66.8 Å². The Hall–Kier alpha value is -1.76. The second-order valence-electron chi connectivity index (χ2n) is 7.48. The van der Waals surface area contributed by atoms with Gasteiger partial charge in [0, 0.05) is 16.9 Å². The van der Waals surface area contributed by atoms with E-state index in [4.69, 9.17) is 0 Å². The van der Waals surface area contributed by atoms with Gasteiger partial charge in [-0.2, -0.15) is 31.3 Å². The lowest BCUT2D eigenvalue weighted by Crippen LogP contribution is -2.38. The molecule has 2 aliphatic rings. The molecule has 3 rings (SSSR count). The number of carbonyl (C=O) groups excluding carboxylic acids is 1. The number of anilines is 1. The van der Waals surface area contributed by atoms with Crippen molar-refractivity contribution >= 4 is 38.4 Å². The number of amides is 1. The third-order valence-corrected chi connectivity index (χ3v) is 8.37. The number of benzene rings is 1. The number of hydrogen-bond acceptors (Lipinski definition) is 4. The highest BCUT2D eigenvalue weighted by atomic mass is 32.2. The average Bonchev–Trinajstić information content (AvgIpc) is 3.09. The van der Waals surface area contributed by atoms with Crippen LogP contribution in [0.1, 0.15) is 31.4 Å². The Balaban J connectivity index is 2.17. The molecule has 0 saturated carbocycles. The molecule has 0 radical (unpaired) electrons. The fourth-order valence-electron chi connectivity index (χ4n) is 3.32. The standard InChI is InChI=1S/C18H18F6N2O3S2/c1-3-9(2)15(27)25-16-26(13-7-31(28,29)8-14(13)30-16)12-5-10(17(19,20)21)4-11(6-12)18(22,23)24/h4-6,9,13-14H,3,7-8H2,1-2H3. The first kappa shape index (κ1) is 23.9. The lowest BCUT2D eigenvalue weighted by molar-refractivity contribution is -0.143. The quantitative estimate of drug-likeness (QED) is 0.592. The Morgan fingerprint density at radius 2 is 1.68 bits per heavy atom. The molecule has 2 aliphatic heterocycles. The molecule has 3 unspecified atom stereocenters. The number of nitrogens with zero attached hydrogens (tertiary/aromatic N) is 2. The van der Waals surface area contributed by atoms with E-state index < -0.39 is 67.9 Å². The summed E-state index contributed by atoms with van der Waals surface area (Å²) in [5, 5.41) is -0.750. The highest BCUT2D eigenvalue weighted by Gasteiger charge is 2.50. The molecule has 5 nitrogen and oxygen atoms in total. The molecule has 0 aliphatic carbocycles. The predicted molar refractivity (Wildman–Crippen MR) is 105 cm³/mol. The number of aliphatic imine (C=N–C) groups is 1. The molecule has 172 valence electrons. The number of hydrogen-bond donors (Lipinski definition) is 0. The first-order chi connectivity index (χ1) is 14.1.